The van der Waals surface area contributed by atoms with Gasteiger partial charge in [-0.3, -0.25) is 14.5 Å². The van der Waals surface area contributed by atoms with Crippen LogP contribution in [0.3, 0.4) is 0 Å². The van der Waals surface area contributed by atoms with Crippen molar-refractivity contribution in [1.29, 1.82) is 0 Å². The normalized spacial score (nSPS) is 21.9. The molecule has 0 saturated heterocycles. The van der Waals surface area contributed by atoms with Gasteiger partial charge in [-0.05, 0) is 51.2 Å². The van der Waals surface area contributed by atoms with Gasteiger partial charge in [0.2, 0.25) is 5.91 Å². The lowest BCUT2D eigenvalue weighted by Gasteiger charge is -2.37. The average Bonchev–Trinajstić information content (AvgIpc) is 3.36. The number of carbonyl (C=O) groups excluding carboxylic acids is 1. The summed E-state index contributed by atoms with van der Waals surface area (Å²) in [6, 6.07) is 7.78. The van der Waals surface area contributed by atoms with E-state index in [0.717, 1.165) is 31.4 Å². The lowest BCUT2D eigenvalue weighted by molar-refractivity contribution is -0.143. The first-order chi connectivity index (χ1) is 11.0. The molecule has 1 fully saturated rings. The van der Waals surface area contributed by atoms with E-state index in [1.165, 1.54) is 5.56 Å². The Bertz CT molecular complexity index is 612. The Morgan fingerprint density at radius 3 is 2.65 bits per heavy atom. The minimum absolute atomic E-state index is 0.00431. The van der Waals surface area contributed by atoms with Crippen LogP contribution in [0.4, 0.5) is 5.69 Å². The largest absolute Gasteiger partial charge is 0.480 e. The quantitative estimate of drug-likeness (QED) is 0.905. The summed E-state index contributed by atoms with van der Waals surface area (Å²) < 4.78 is 0. The standard InChI is InChI=1S/C18H24N2O3/c1-12-7-8-14-5-3-4-6-16(14)20(12)17(21)11-19(15-9-10-15)13(2)18(22)23/h3-6,12-13,15H,7-11H2,1-2H3,(H,22,23). The van der Waals surface area contributed by atoms with E-state index in [4.69, 9.17) is 0 Å². The van der Waals surface area contributed by atoms with Crippen LogP contribution < -0.4 is 4.90 Å². The molecule has 1 aromatic rings. The fraction of sp³-hybridized carbons (Fsp3) is 0.556. The van der Waals surface area contributed by atoms with Crippen LogP contribution in [0.5, 0.6) is 0 Å². The summed E-state index contributed by atoms with van der Waals surface area (Å²) in [5, 5.41) is 9.30. The number of anilines is 1. The molecule has 2 aliphatic rings. The average molecular weight is 316 g/mol. The van der Waals surface area contributed by atoms with Crippen molar-refractivity contribution in [2.24, 2.45) is 0 Å². The van der Waals surface area contributed by atoms with Gasteiger partial charge in [-0.2, -0.15) is 0 Å². The van der Waals surface area contributed by atoms with Crippen LogP contribution in [0.15, 0.2) is 24.3 Å². The van der Waals surface area contributed by atoms with Crippen LogP contribution in [0.1, 0.15) is 38.7 Å². The highest BCUT2D eigenvalue weighted by molar-refractivity contribution is 5.96. The smallest absolute Gasteiger partial charge is 0.320 e. The fourth-order valence-corrected chi connectivity index (χ4v) is 3.43. The van der Waals surface area contributed by atoms with Crippen LogP contribution in [-0.2, 0) is 16.0 Å². The molecule has 124 valence electrons. The number of amides is 1. The zero-order valence-corrected chi connectivity index (χ0v) is 13.7. The second-order valence-electron chi connectivity index (χ2n) is 6.70. The molecule has 1 saturated carbocycles. The monoisotopic (exact) mass is 316 g/mol. The van der Waals surface area contributed by atoms with Gasteiger partial charge in [0.15, 0.2) is 0 Å². The number of hydrogen-bond donors (Lipinski definition) is 1. The number of fused-ring (bicyclic) bond motifs is 1. The molecule has 1 N–H and O–H groups in total. The molecule has 1 aromatic carbocycles. The summed E-state index contributed by atoms with van der Waals surface area (Å²) in [5.74, 6) is -0.860. The van der Waals surface area contributed by atoms with E-state index in [2.05, 4.69) is 13.0 Å². The Balaban J connectivity index is 1.80. The fourth-order valence-electron chi connectivity index (χ4n) is 3.43. The molecule has 1 aliphatic heterocycles. The first kappa shape index (κ1) is 16.0. The molecule has 1 heterocycles. The Hall–Kier alpha value is -1.88. The van der Waals surface area contributed by atoms with Crippen molar-refractivity contribution < 1.29 is 14.7 Å². The van der Waals surface area contributed by atoms with Crippen LogP contribution >= 0.6 is 0 Å². The second kappa shape index (κ2) is 6.32. The van der Waals surface area contributed by atoms with Gasteiger partial charge in [0.25, 0.3) is 0 Å². The van der Waals surface area contributed by atoms with Crippen molar-refractivity contribution in [1.82, 2.24) is 4.90 Å². The van der Waals surface area contributed by atoms with E-state index in [1.807, 2.05) is 28.0 Å². The number of aliphatic carboxylic acids is 1. The predicted octanol–water partition coefficient (Wildman–Crippen LogP) is 2.29. The van der Waals surface area contributed by atoms with E-state index in [1.54, 1.807) is 6.92 Å². The van der Waals surface area contributed by atoms with E-state index < -0.39 is 12.0 Å². The number of carboxylic acids is 1. The Morgan fingerprint density at radius 2 is 2.00 bits per heavy atom. The molecule has 5 nitrogen and oxygen atoms in total. The SMILES string of the molecule is CC1CCc2ccccc2N1C(=O)CN(C1CC1)C(C)C(=O)O. The predicted molar refractivity (Wildman–Crippen MR) is 88.5 cm³/mol. The van der Waals surface area contributed by atoms with Crippen LogP contribution in [0.2, 0.25) is 0 Å². The van der Waals surface area contributed by atoms with E-state index in [9.17, 15) is 14.7 Å². The Morgan fingerprint density at radius 1 is 1.30 bits per heavy atom. The summed E-state index contributed by atoms with van der Waals surface area (Å²) >= 11 is 0. The number of hydrogen-bond acceptors (Lipinski definition) is 3. The van der Waals surface area contributed by atoms with Gasteiger partial charge >= 0.3 is 5.97 Å². The van der Waals surface area contributed by atoms with Gasteiger partial charge in [0.05, 0.1) is 6.54 Å². The highest BCUT2D eigenvalue weighted by Crippen LogP contribution is 2.32. The van der Waals surface area contributed by atoms with Gasteiger partial charge in [0.1, 0.15) is 6.04 Å². The number of carboxylic acid groups (broad SMARTS) is 1. The number of rotatable bonds is 5. The third-order valence-electron chi connectivity index (χ3n) is 4.98. The maximum absolute atomic E-state index is 12.9. The lowest BCUT2D eigenvalue weighted by Crippen LogP contribution is -2.50. The highest BCUT2D eigenvalue weighted by atomic mass is 16.4. The molecule has 2 unspecified atom stereocenters. The van der Waals surface area contributed by atoms with Gasteiger partial charge in [0, 0.05) is 17.8 Å². The van der Waals surface area contributed by atoms with Crippen molar-refractivity contribution in [2.45, 2.75) is 57.7 Å². The molecule has 1 aliphatic carbocycles. The maximum atomic E-state index is 12.9. The van der Waals surface area contributed by atoms with Crippen LogP contribution in [0, 0.1) is 0 Å². The van der Waals surface area contributed by atoms with Gasteiger partial charge < -0.3 is 10.0 Å². The minimum atomic E-state index is -0.864. The number of aryl methyl sites for hydroxylation is 1. The molecule has 23 heavy (non-hydrogen) atoms. The highest BCUT2D eigenvalue weighted by Gasteiger charge is 2.38. The molecule has 0 radical (unpaired) electrons. The van der Waals surface area contributed by atoms with Crippen molar-refractivity contribution in [3.63, 3.8) is 0 Å². The van der Waals surface area contributed by atoms with Crippen LogP contribution in [-0.4, -0.2) is 46.6 Å². The van der Waals surface area contributed by atoms with E-state index >= 15 is 0 Å². The number of para-hydroxylation sites is 1. The van der Waals surface area contributed by atoms with Crippen molar-refractivity contribution in [3.05, 3.63) is 29.8 Å². The molecule has 0 bridgehead atoms. The molecular formula is C18H24N2O3. The maximum Gasteiger partial charge on any atom is 0.320 e. The van der Waals surface area contributed by atoms with Gasteiger partial charge in [-0.1, -0.05) is 18.2 Å². The Labute approximate surface area is 136 Å². The zero-order chi connectivity index (χ0) is 16.6. The molecule has 0 aromatic heterocycles. The first-order valence-electron chi connectivity index (χ1n) is 8.37. The molecular weight excluding hydrogens is 292 g/mol. The van der Waals surface area contributed by atoms with Crippen molar-refractivity contribution >= 4 is 17.6 Å². The molecule has 1 amide bonds. The summed E-state index contributed by atoms with van der Waals surface area (Å²) in [6.07, 6.45) is 3.90. The molecule has 2 atom stereocenters. The van der Waals surface area contributed by atoms with Crippen molar-refractivity contribution in [3.8, 4) is 0 Å². The van der Waals surface area contributed by atoms with Crippen LogP contribution in [0.25, 0.3) is 0 Å². The number of benzene rings is 1. The second-order valence-corrected chi connectivity index (χ2v) is 6.70. The minimum Gasteiger partial charge on any atom is -0.480 e. The van der Waals surface area contributed by atoms with E-state index in [0.29, 0.717) is 0 Å². The molecule has 3 rings (SSSR count). The first-order valence-corrected chi connectivity index (χ1v) is 8.37. The third kappa shape index (κ3) is 3.24. The summed E-state index contributed by atoms with van der Waals surface area (Å²) in [6.45, 7) is 3.91. The van der Waals surface area contributed by atoms with Gasteiger partial charge in [-0.25, -0.2) is 0 Å². The summed E-state index contributed by atoms with van der Waals surface area (Å²) in [7, 11) is 0. The van der Waals surface area contributed by atoms with Crippen molar-refractivity contribution in [2.75, 3.05) is 11.4 Å². The summed E-state index contributed by atoms with van der Waals surface area (Å²) in [4.78, 5) is 28.0. The topological polar surface area (TPSA) is 60.9 Å². The molecule has 0 spiro atoms. The number of carbonyl (C=O) groups is 2. The number of nitrogens with zero attached hydrogens (tertiary/aromatic N) is 2. The lowest BCUT2D eigenvalue weighted by atomic mass is 9.96. The molecule has 5 heteroatoms. The zero-order valence-electron chi connectivity index (χ0n) is 13.7. The van der Waals surface area contributed by atoms with Gasteiger partial charge in [-0.15, -0.1) is 0 Å². The third-order valence-corrected chi connectivity index (χ3v) is 4.98. The Kier molecular flexibility index (Phi) is 4.39. The summed E-state index contributed by atoms with van der Waals surface area (Å²) in [5.41, 5.74) is 2.18. The van der Waals surface area contributed by atoms with E-state index in [-0.39, 0.29) is 24.5 Å².